The van der Waals surface area contributed by atoms with Crippen LogP contribution in [0.1, 0.15) is 25.3 Å². The van der Waals surface area contributed by atoms with Gasteiger partial charge in [0, 0.05) is 17.3 Å². The lowest BCUT2D eigenvalue weighted by Crippen LogP contribution is -2.25. The molecule has 21 heavy (non-hydrogen) atoms. The van der Waals surface area contributed by atoms with Gasteiger partial charge in [0.05, 0.1) is 12.7 Å². The number of aromatic nitrogens is 2. The molecular weight excluding hydrogens is 270 g/mol. The fraction of sp³-hybridized carbons (Fsp3) is 0.267. The predicted octanol–water partition coefficient (Wildman–Crippen LogP) is 2.26. The topological polar surface area (TPSA) is 77.2 Å². The molecule has 1 aliphatic heterocycles. The standard InChI is InChI=1S/C15H15N3O3/c1-8-7-11(13(9(2)16-8)15(19)20-3)10-5-4-6-12-14(10)18-21-17-12/h4-7,11,16H,1-3H3. The average Bonchev–Trinajstić information content (AvgIpc) is 2.94. The van der Waals surface area contributed by atoms with Crippen LogP contribution in [0.15, 0.2) is 45.9 Å². The number of fused-ring (bicyclic) bond motifs is 1. The molecule has 2 aromatic rings. The number of carbonyl (C=O) groups is 1. The Labute approximate surface area is 121 Å². The van der Waals surface area contributed by atoms with Crippen molar-refractivity contribution < 1.29 is 14.2 Å². The van der Waals surface area contributed by atoms with Crippen LogP contribution in [0.4, 0.5) is 0 Å². The first kappa shape index (κ1) is 13.4. The smallest absolute Gasteiger partial charge is 0.336 e. The van der Waals surface area contributed by atoms with Crippen molar-refractivity contribution in [1.82, 2.24) is 15.6 Å². The van der Waals surface area contributed by atoms with Gasteiger partial charge in [-0.25, -0.2) is 9.42 Å². The highest BCUT2D eigenvalue weighted by atomic mass is 16.6. The molecule has 2 heterocycles. The zero-order chi connectivity index (χ0) is 15.0. The number of methoxy groups -OCH3 is 1. The van der Waals surface area contributed by atoms with E-state index in [0.29, 0.717) is 16.6 Å². The molecule has 1 unspecified atom stereocenters. The number of nitrogens with one attached hydrogen (secondary N) is 1. The second-order valence-electron chi connectivity index (χ2n) is 4.96. The van der Waals surface area contributed by atoms with Gasteiger partial charge in [-0.2, -0.15) is 0 Å². The normalized spacial score (nSPS) is 18.4. The van der Waals surface area contributed by atoms with E-state index >= 15 is 0 Å². The fourth-order valence-corrected chi connectivity index (χ4v) is 2.68. The maximum absolute atomic E-state index is 12.1. The van der Waals surface area contributed by atoms with Crippen molar-refractivity contribution >= 4 is 17.0 Å². The van der Waals surface area contributed by atoms with Crippen molar-refractivity contribution in [1.29, 1.82) is 0 Å². The molecule has 3 rings (SSSR count). The van der Waals surface area contributed by atoms with Gasteiger partial charge in [0.1, 0.15) is 11.0 Å². The molecule has 0 saturated heterocycles. The molecular formula is C15H15N3O3. The predicted molar refractivity (Wildman–Crippen MR) is 76.2 cm³/mol. The van der Waals surface area contributed by atoms with Crippen LogP contribution in [-0.4, -0.2) is 23.4 Å². The van der Waals surface area contributed by atoms with Crippen molar-refractivity contribution in [2.75, 3.05) is 7.11 Å². The molecule has 0 amide bonds. The molecule has 108 valence electrons. The highest BCUT2D eigenvalue weighted by molar-refractivity contribution is 5.93. The van der Waals surface area contributed by atoms with Crippen molar-refractivity contribution in [2.24, 2.45) is 0 Å². The van der Waals surface area contributed by atoms with Gasteiger partial charge in [0.25, 0.3) is 0 Å². The average molecular weight is 285 g/mol. The lowest BCUT2D eigenvalue weighted by molar-refractivity contribution is -0.136. The number of hydrogen-bond acceptors (Lipinski definition) is 6. The van der Waals surface area contributed by atoms with E-state index in [2.05, 4.69) is 15.6 Å². The lowest BCUT2D eigenvalue weighted by atomic mass is 9.86. The van der Waals surface area contributed by atoms with E-state index in [-0.39, 0.29) is 11.9 Å². The number of ether oxygens (including phenoxy) is 1. The quantitative estimate of drug-likeness (QED) is 0.853. The SMILES string of the molecule is COC(=O)C1=C(C)NC(C)=CC1c1cccc2nonc12. The van der Waals surface area contributed by atoms with Crippen LogP contribution < -0.4 is 5.32 Å². The monoisotopic (exact) mass is 285 g/mol. The Bertz CT molecular complexity index is 773. The van der Waals surface area contributed by atoms with Crippen LogP contribution >= 0.6 is 0 Å². The molecule has 1 aliphatic rings. The highest BCUT2D eigenvalue weighted by Crippen LogP contribution is 2.35. The molecule has 0 fully saturated rings. The molecule has 0 aliphatic carbocycles. The van der Waals surface area contributed by atoms with Gasteiger partial charge in [-0.3, -0.25) is 0 Å². The second kappa shape index (κ2) is 5.05. The maximum atomic E-state index is 12.1. The fourth-order valence-electron chi connectivity index (χ4n) is 2.68. The minimum atomic E-state index is -0.359. The first-order chi connectivity index (χ1) is 10.1. The molecule has 0 saturated carbocycles. The maximum Gasteiger partial charge on any atom is 0.336 e. The van der Waals surface area contributed by atoms with Gasteiger partial charge in [-0.05, 0) is 35.8 Å². The van der Waals surface area contributed by atoms with E-state index in [1.54, 1.807) is 0 Å². The van der Waals surface area contributed by atoms with Gasteiger partial charge in [-0.1, -0.05) is 18.2 Å². The van der Waals surface area contributed by atoms with Gasteiger partial charge in [-0.15, -0.1) is 0 Å². The Morgan fingerprint density at radius 3 is 2.90 bits per heavy atom. The number of allylic oxidation sites excluding steroid dienone is 3. The molecule has 1 aromatic carbocycles. The number of carbonyl (C=O) groups excluding carboxylic acids is 1. The van der Waals surface area contributed by atoms with Crippen LogP contribution in [0.25, 0.3) is 11.0 Å². The summed E-state index contributed by atoms with van der Waals surface area (Å²) in [6.07, 6.45) is 1.97. The molecule has 0 bridgehead atoms. The van der Waals surface area contributed by atoms with E-state index in [4.69, 9.17) is 9.37 Å². The van der Waals surface area contributed by atoms with E-state index in [1.165, 1.54) is 7.11 Å². The summed E-state index contributed by atoms with van der Waals surface area (Å²) in [6, 6.07) is 5.61. The van der Waals surface area contributed by atoms with Crippen molar-refractivity contribution in [2.45, 2.75) is 19.8 Å². The first-order valence-electron chi connectivity index (χ1n) is 6.57. The summed E-state index contributed by atoms with van der Waals surface area (Å²) in [7, 11) is 1.38. The Balaban J connectivity index is 2.20. The lowest BCUT2D eigenvalue weighted by Gasteiger charge is -2.25. The highest BCUT2D eigenvalue weighted by Gasteiger charge is 2.29. The van der Waals surface area contributed by atoms with E-state index in [0.717, 1.165) is 17.0 Å². The number of hydrogen-bond donors (Lipinski definition) is 1. The Morgan fingerprint density at radius 2 is 2.14 bits per heavy atom. The zero-order valence-electron chi connectivity index (χ0n) is 12.0. The van der Waals surface area contributed by atoms with E-state index in [1.807, 2.05) is 38.1 Å². The van der Waals surface area contributed by atoms with Gasteiger partial charge in [0.15, 0.2) is 0 Å². The third kappa shape index (κ3) is 2.18. The minimum Gasteiger partial charge on any atom is -0.466 e. The summed E-state index contributed by atoms with van der Waals surface area (Å²) in [4.78, 5) is 12.1. The molecule has 6 nitrogen and oxygen atoms in total. The van der Waals surface area contributed by atoms with Crippen LogP contribution in [-0.2, 0) is 9.53 Å². The van der Waals surface area contributed by atoms with Gasteiger partial charge < -0.3 is 10.1 Å². The van der Waals surface area contributed by atoms with E-state index in [9.17, 15) is 4.79 Å². The van der Waals surface area contributed by atoms with Crippen LogP contribution in [0.3, 0.4) is 0 Å². The summed E-state index contributed by atoms with van der Waals surface area (Å²) in [5.41, 5.74) is 4.51. The van der Waals surface area contributed by atoms with Crippen LogP contribution in [0.5, 0.6) is 0 Å². The Morgan fingerprint density at radius 1 is 1.33 bits per heavy atom. The molecule has 6 heteroatoms. The second-order valence-corrected chi connectivity index (χ2v) is 4.96. The number of esters is 1. The Hall–Kier alpha value is -2.63. The third-order valence-corrected chi connectivity index (χ3v) is 3.57. The van der Waals surface area contributed by atoms with Crippen molar-refractivity contribution in [3.8, 4) is 0 Å². The summed E-state index contributed by atoms with van der Waals surface area (Å²) >= 11 is 0. The largest absolute Gasteiger partial charge is 0.466 e. The first-order valence-corrected chi connectivity index (χ1v) is 6.57. The number of dihydropyridines is 1. The summed E-state index contributed by atoms with van der Waals surface area (Å²) in [5, 5.41) is 11.0. The summed E-state index contributed by atoms with van der Waals surface area (Å²) < 4.78 is 9.72. The third-order valence-electron chi connectivity index (χ3n) is 3.57. The summed E-state index contributed by atoms with van der Waals surface area (Å²) in [5.74, 6) is -0.600. The molecule has 1 N–H and O–H groups in total. The number of nitrogens with zero attached hydrogens (tertiary/aromatic N) is 2. The van der Waals surface area contributed by atoms with Crippen molar-refractivity contribution in [3.05, 3.63) is 46.8 Å². The molecule has 0 radical (unpaired) electrons. The molecule has 1 atom stereocenters. The van der Waals surface area contributed by atoms with Crippen LogP contribution in [0, 0.1) is 0 Å². The number of rotatable bonds is 2. The van der Waals surface area contributed by atoms with Crippen molar-refractivity contribution in [3.63, 3.8) is 0 Å². The van der Waals surface area contributed by atoms with Crippen LogP contribution in [0.2, 0.25) is 0 Å². The van der Waals surface area contributed by atoms with E-state index < -0.39 is 0 Å². The molecule has 1 aromatic heterocycles. The zero-order valence-corrected chi connectivity index (χ0v) is 12.0. The Kier molecular flexibility index (Phi) is 3.21. The van der Waals surface area contributed by atoms with Gasteiger partial charge in [0.2, 0.25) is 0 Å². The van der Waals surface area contributed by atoms with Gasteiger partial charge >= 0.3 is 5.97 Å². The summed E-state index contributed by atoms with van der Waals surface area (Å²) in [6.45, 7) is 3.81. The molecule has 0 spiro atoms. The number of benzene rings is 1. The minimum absolute atomic E-state index is 0.241.